The van der Waals surface area contributed by atoms with Gasteiger partial charge in [-0.05, 0) is 25.1 Å². The molecule has 2 N–H and O–H groups in total. The fourth-order valence-electron chi connectivity index (χ4n) is 2.89. The topological polar surface area (TPSA) is 109 Å². The fraction of sp³-hybridized carbons (Fsp3) is 0.444. The van der Waals surface area contributed by atoms with Gasteiger partial charge in [0.25, 0.3) is 5.91 Å². The van der Waals surface area contributed by atoms with E-state index in [0.717, 1.165) is 0 Å². The lowest BCUT2D eigenvalue weighted by molar-refractivity contribution is 0.0907. The Balaban J connectivity index is 2.58. The molecule has 1 aromatic carbocycles. The largest absolute Gasteiger partial charge is 0.383 e. The summed E-state index contributed by atoms with van der Waals surface area (Å²) in [7, 11) is -2.16. The minimum atomic E-state index is -3.69. The number of hydrogen-bond donors (Lipinski definition) is 2. The summed E-state index contributed by atoms with van der Waals surface area (Å²) in [4.78, 5) is 27.2. The number of aromatic nitrogens is 1. The molecule has 0 saturated carbocycles. The maximum absolute atomic E-state index is 12.8. The van der Waals surface area contributed by atoms with Crippen molar-refractivity contribution in [3.05, 3.63) is 40.2 Å². The van der Waals surface area contributed by atoms with Crippen LogP contribution in [0.4, 0.5) is 0 Å². The van der Waals surface area contributed by atoms with Crippen molar-refractivity contribution < 1.29 is 17.9 Å². The van der Waals surface area contributed by atoms with E-state index in [1.807, 2.05) is 0 Å². The van der Waals surface area contributed by atoms with Gasteiger partial charge in [-0.25, -0.2) is 8.42 Å². The molecule has 0 aliphatic heterocycles. The van der Waals surface area contributed by atoms with Crippen LogP contribution >= 0.6 is 0 Å². The molecule has 1 atom stereocenters. The van der Waals surface area contributed by atoms with E-state index in [2.05, 4.69) is 10.3 Å². The number of nitrogens with one attached hydrogen (secondary N) is 2. The van der Waals surface area contributed by atoms with Crippen LogP contribution in [0.1, 0.15) is 31.1 Å². The minimum absolute atomic E-state index is 0.0738. The van der Waals surface area contributed by atoms with Crippen LogP contribution in [0.2, 0.25) is 0 Å². The van der Waals surface area contributed by atoms with Gasteiger partial charge in [0.05, 0.1) is 17.1 Å². The SMILES string of the molecule is CCN(CC)S(=O)(=O)c1ccc2[nH]c(=O)cc(C(=O)N[C@@H](C)COC)c2c1. The maximum Gasteiger partial charge on any atom is 0.252 e. The van der Waals surface area contributed by atoms with Gasteiger partial charge in [0.1, 0.15) is 0 Å². The van der Waals surface area contributed by atoms with Crippen LogP contribution in [0.25, 0.3) is 10.9 Å². The van der Waals surface area contributed by atoms with Gasteiger partial charge in [-0.1, -0.05) is 13.8 Å². The maximum atomic E-state index is 12.8. The van der Waals surface area contributed by atoms with Crippen LogP contribution < -0.4 is 10.9 Å². The number of benzene rings is 1. The van der Waals surface area contributed by atoms with Gasteiger partial charge in [-0.15, -0.1) is 0 Å². The first-order chi connectivity index (χ1) is 12.7. The number of carbonyl (C=O) groups is 1. The molecule has 2 aromatic rings. The van der Waals surface area contributed by atoms with Gasteiger partial charge in [0, 0.05) is 43.2 Å². The van der Waals surface area contributed by atoms with Gasteiger partial charge in [0.2, 0.25) is 15.6 Å². The predicted molar refractivity (Wildman–Crippen MR) is 103 cm³/mol. The van der Waals surface area contributed by atoms with E-state index in [-0.39, 0.29) is 16.5 Å². The number of pyridine rings is 1. The van der Waals surface area contributed by atoms with E-state index in [1.54, 1.807) is 20.8 Å². The van der Waals surface area contributed by atoms with Gasteiger partial charge < -0.3 is 15.0 Å². The highest BCUT2D eigenvalue weighted by Gasteiger charge is 2.23. The molecule has 148 valence electrons. The summed E-state index contributed by atoms with van der Waals surface area (Å²) in [6.45, 7) is 6.28. The quantitative estimate of drug-likeness (QED) is 0.701. The normalized spacial score (nSPS) is 13.1. The Morgan fingerprint density at radius 2 is 1.93 bits per heavy atom. The summed E-state index contributed by atoms with van der Waals surface area (Å²) in [5, 5.41) is 3.11. The summed E-state index contributed by atoms with van der Waals surface area (Å²) < 4.78 is 31.9. The van der Waals surface area contributed by atoms with E-state index in [1.165, 1.54) is 35.7 Å². The number of H-pyrrole nitrogens is 1. The summed E-state index contributed by atoms with van der Waals surface area (Å²) in [5.41, 5.74) is 0.0743. The van der Waals surface area contributed by atoms with Gasteiger partial charge in [0.15, 0.2) is 0 Å². The average molecular weight is 395 g/mol. The molecule has 0 fully saturated rings. The molecular weight excluding hydrogens is 370 g/mol. The molecule has 0 spiro atoms. The highest BCUT2D eigenvalue weighted by molar-refractivity contribution is 7.89. The first-order valence-electron chi connectivity index (χ1n) is 8.71. The van der Waals surface area contributed by atoms with E-state index >= 15 is 0 Å². The number of sulfonamides is 1. The van der Waals surface area contributed by atoms with Crippen molar-refractivity contribution in [1.82, 2.24) is 14.6 Å². The third-order valence-electron chi connectivity index (χ3n) is 4.20. The van der Waals surface area contributed by atoms with Crippen LogP contribution in [0, 0.1) is 0 Å². The second kappa shape index (κ2) is 8.64. The van der Waals surface area contributed by atoms with Crippen molar-refractivity contribution in [2.75, 3.05) is 26.8 Å². The number of amides is 1. The van der Waals surface area contributed by atoms with E-state index < -0.39 is 21.5 Å². The van der Waals surface area contributed by atoms with Gasteiger partial charge >= 0.3 is 0 Å². The third kappa shape index (κ3) is 4.55. The minimum Gasteiger partial charge on any atom is -0.383 e. The van der Waals surface area contributed by atoms with Crippen molar-refractivity contribution in [3.63, 3.8) is 0 Å². The Morgan fingerprint density at radius 1 is 1.26 bits per heavy atom. The van der Waals surface area contributed by atoms with Crippen LogP contribution in [-0.4, -0.2) is 56.5 Å². The Hall–Kier alpha value is -2.23. The highest BCUT2D eigenvalue weighted by atomic mass is 32.2. The first kappa shape index (κ1) is 21.1. The molecule has 9 heteroatoms. The van der Waals surface area contributed by atoms with Gasteiger partial charge in [-0.3, -0.25) is 9.59 Å². The third-order valence-corrected chi connectivity index (χ3v) is 6.24. The Kier molecular flexibility index (Phi) is 6.74. The second-order valence-electron chi connectivity index (χ2n) is 6.17. The van der Waals surface area contributed by atoms with E-state index in [9.17, 15) is 18.0 Å². The fourth-order valence-corrected chi connectivity index (χ4v) is 4.37. The number of fused-ring (bicyclic) bond motifs is 1. The Morgan fingerprint density at radius 3 is 2.52 bits per heavy atom. The number of ether oxygens (including phenoxy) is 1. The summed E-state index contributed by atoms with van der Waals surface area (Å²) in [5.74, 6) is -0.465. The van der Waals surface area contributed by atoms with E-state index in [4.69, 9.17) is 4.74 Å². The number of aromatic amines is 1. The Labute approximate surface area is 158 Å². The van der Waals surface area contributed by atoms with Crippen molar-refractivity contribution in [3.8, 4) is 0 Å². The summed E-state index contributed by atoms with van der Waals surface area (Å²) in [6, 6.07) is 5.27. The zero-order valence-corrected chi connectivity index (χ0v) is 16.7. The summed E-state index contributed by atoms with van der Waals surface area (Å²) in [6.07, 6.45) is 0. The summed E-state index contributed by atoms with van der Waals surface area (Å²) >= 11 is 0. The molecule has 0 saturated heterocycles. The van der Waals surface area contributed by atoms with Crippen LogP contribution in [-0.2, 0) is 14.8 Å². The van der Waals surface area contributed by atoms with Crippen molar-refractivity contribution in [2.45, 2.75) is 31.7 Å². The average Bonchev–Trinajstić information content (AvgIpc) is 2.61. The predicted octanol–water partition coefficient (Wildman–Crippen LogP) is 1.32. The lowest BCUT2D eigenvalue weighted by atomic mass is 10.1. The lowest BCUT2D eigenvalue weighted by Crippen LogP contribution is -2.36. The molecule has 2 rings (SSSR count). The molecule has 1 amide bonds. The van der Waals surface area contributed by atoms with Crippen LogP contribution in [0.3, 0.4) is 0 Å². The number of hydrogen-bond acceptors (Lipinski definition) is 5. The van der Waals surface area contributed by atoms with Crippen molar-refractivity contribution in [2.24, 2.45) is 0 Å². The molecule has 27 heavy (non-hydrogen) atoms. The Bertz CT molecular complexity index is 980. The molecule has 0 unspecified atom stereocenters. The van der Waals surface area contributed by atoms with Gasteiger partial charge in [-0.2, -0.15) is 4.31 Å². The number of rotatable bonds is 8. The van der Waals surface area contributed by atoms with Crippen molar-refractivity contribution in [1.29, 1.82) is 0 Å². The molecule has 8 nitrogen and oxygen atoms in total. The lowest BCUT2D eigenvalue weighted by Gasteiger charge is -2.19. The monoisotopic (exact) mass is 395 g/mol. The molecule has 0 aliphatic carbocycles. The number of nitrogens with zero attached hydrogens (tertiary/aromatic N) is 1. The van der Waals surface area contributed by atoms with Crippen LogP contribution in [0.5, 0.6) is 0 Å². The molecule has 1 aromatic heterocycles. The zero-order chi connectivity index (χ0) is 20.2. The number of carbonyl (C=O) groups excluding carboxylic acids is 1. The van der Waals surface area contributed by atoms with Crippen molar-refractivity contribution >= 4 is 26.8 Å². The zero-order valence-electron chi connectivity index (χ0n) is 15.9. The molecule has 0 radical (unpaired) electrons. The molecular formula is C18H25N3O5S. The van der Waals surface area contributed by atoms with Crippen LogP contribution in [0.15, 0.2) is 34.0 Å². The molecule has 0 bridgehead atoms. The van der Waals surface area contributed by atoms with E-state index in [0.29, 0.717) is 30.6 Å². The smallest absolute Gasteiger partial charge is 0.252 e. The second-order valence-corrected chi connectivity index (χ2v) is 8.11. The molecule has 0 aliphatic rings. The first-order valence-corrected chi connectivity index (χ1v) is 10.2. The number of methoxy groups -OCH3 is 1. The standard InChI is InChI=1S/C18H25N3O5S/c1-5-21(6-2)27(24,25)13-7-8-16-14(9-13)15(10-17(22)20-16)18(23)19-12(3)11-26-4/h7-10,12H,5-6,11H2,1-4H3,(H,19,23)(H,20,22)/t12-/m0/s1. The molecule has 1 heterocycles. The highest BCUT2D eigenvalue weighted by Crippen LogP contribution is 2.23.